The van der Waals surface area contributed by atoms with Crippen molar-refractivity contribution in [2.24, 2.45) is 0 Å². The van der Waals surface area contributed by atoms with E-state index in [1.165, 1.54) is 11.3 Å². The number of anilines is 2. The number of nitrogens with zero attached hydrogens (tertiary/aromatic N) is 4. The maximum Gasteiger partial charge on any atom is 0.225 e. The molecule has 0 atom stereocenters. The SMILES string of the molecule is BrCc1ccc(N2CCN(c3ncccn3)CC2)cc1. The molecule has 0 amide bonds. The average Bonchev–Trinajstić information content (AvgIpc) is 2.56. The molecule has 1 aromatic carbocycles. The molecular weight excluding hydrogens is 316 g/mol. The second-order valence-corrected chi connectivity index (χ2v) is 5.38. The lowest BCUT2D eigenvalue weighted by atomic mass is 10.2. The molecule has 0 radical (unpaired) electrons. The molecule has 0 N–H and O–H groups in total. The molecule has 1 aliphatic heterocycles. The molecule has 1 saturated heterocycles. The highest BCUT2D eigenvalue weighted by Gasteiger charge is 2.18. The molecule has 0 saturated carbocycles. The van der Waals surface area contributed by atoms with Crippen LogP contribution in [0.5, 0.6) is 0 Å². The van der Waals surface area contributed by atoms with Gasteiger partial charge in [0.25, 0.3) is 0 Å². The first kappa shape index (κ1) is 13.4. The van der Waals surface area contributed by atoms with Crippen LogP contribution in [0.25, 0.3) is 0 Å². The van der Waals surface area contributed by atoms with Gasteiger partial charge in [0.2, 0.25) is 5.95 Å². The summed E-state index contributed by atoms with van der Waals surface area (Å²) < 4.78 is 0. The highest BCUT2D eigenvalue weighted by atomic mass is 79.9. The number of aromatic nitrogens is 2. The fraction of sp³-hybridized carbons (Fsp3) is 0.333. The van der Waals surface area contributed by atoms with E-state index in [9.17, 15) is 0 Å². The van der Waals surface area contributed by atoms with Crippen LogP contribution in [0.2, 0.25) is 0 Å². The first-order valence-corrected chi connectivity index (χ1v) is 7.91. The van der Waals surface area contributed by atoms with Crippen LogP contribution in [0.3, 0.4) is 0 Å². The Labute approximate surface area is 127 Å². The molecule has 0 spiro atoms. The fourth-order valence-corrected chi connectivity index (χ4v) is 2.79. The van der Waals surface area contributed by atoms with Crippen LogP contribution in [0.4, 0.5) is 11.6 Å². The van der Waals surface area contributed by atoms with Crippen molar-refractivity contribution < 1.29 is 0 Å². The van der Waals surface area contributed by atoms with Gasteiger partial charge in [-0.2, -0.15) is 0 Å². The predicted octanol–water partition coefficient (Wildman–Crippen LogP) is 2.70. The van der Waals surface area contributed by atoms with Gasteiger partial charge in [0.05, 0.1) is 0 Å². The molecule has 0 aliphatic carbocycles. The second-order valence-electron chi connectivity index (χ2n) is 4.82. The van der Waals surface area contributed by atoms with Crippen molar-refractivity contribution in [1.82, 2.24) is 9.97 Å². The summed E-state index contributed by atoms with van der Waals surface area (Å²) in [6, 6.07) is 10.6. The summed E-state index contributed by atoms with van der Waals surface area (Å²) in [5.41, 5.74) is 2.61. The topological polar surface area (TPSA) is 32.3 Å². The summed E-state index contributed by atoms with van der Waals surface area (Å²) in [5, 5.41) is 0.909. The Balaban J connectivity index is 1.63. The van der Waals surface area contributed by atoms with Gasteiger partial charge in [0.1, 0.15) is 0 Å². The monoisotopic (exact) mass is 332 g/mol. The third-order valence-electron chi connectivity index (χ3n) is 3.57. The number of rotatable bonds is 3. The fourth-order valence-electron chi connectivity index (χ4n) is 2.42. The maximum atomic E-state index is 4.31. The van der Waals surface area contributed by atoms with Crippen LogP contribution >= 0.6 is 15.9 Å². The molecular formula is C15H17BrN4. The Morgan fingerprint density at radius 2 is 1.50 bits per heavy atom. The van der Waals surface area contributed by atoms with Crippen LogP contribution in [0.1, 0.15) is 5.56 Å². The Morgan fingerprint density at radius 3 is 2.10 bits per heavy atom. The van der Waals surface area contributed by atoms with Crippen molar-refractivity contribution in [1.29, 1.82) is 0 Å². The van der Waals surface area contributed by atoms with E-state index >= 15 is 0 Å². The van der Waals surface area contributed by atoms with Crippen molar-refractivity contribution in [3.05, 3.63) is 48.3 Å². The first-order valence-electron chi connectivity index (χ1n) is 6.78. The zero-order valence-corrected chi connectivity index (χ0v) is 12.8. The molecule has 2 heterocycles. The zero-order chi connectivity index (χ0) is 13.8. The summed E-state index contributed by atoms with van der Waals surface area (Å²) in [4.78, 5) is 13.3. The number of alkyl halides is 1. The van der Waals surface area contributed by atoms with Gasteiger partial charge >= 0.3 is 0 Å². The molecule has 2 aromatic rings. The van der Waals surface area contributed by atoms with Crippen LogP contribution in [0, 0.1) is 0 Å². The predicted molar refractivity (Wildman–Crippen MR) is 85.5 cm³/mol. The minimum Gasteiger partial charge on any atom is -0.368 e. The van der Waals surface area contributed by atoms with Crippen LogP contribution in [-0.4, -0.2) is 36.1 Å². The van der Waals surface area contributed by atoms with E-state index < -0.39 is 0 Å². The number of benzene rings is 1. The number of hydrogen-bond acceptors (Lipinski definition) is 4. The van der Waals surface area contributed by atoms with Gasteiger partial charge in [-0.05, 0) is 23.8 Å². The van der Waals surface area contributed by atoms with Gasteiger partial charge in [-0.1, -0.05) is 28.1 Å². The summed E-state index contributed by atoms with van der Waals surface area (Å²) in [6.45, 7) is 3.94. The van der Waals surface area contributed by atoms with E-state index in [4.69, 9.17) is 0 Å². The van der Waals surface area contributed by atoms with Gasteiger partial charge in [-0.15, -0.1) is 0 Å². The molecule has 1 aromatic heterocycles. The summed E-state index contributed by atoms with van der Waals surface area (Å²) >= 11 is 3.48. The van der Waals surface area contributed by atoms with Gasteiger partial charge < -0.3 is 9.80 Å². The Hall–Kier alpha value is -1.62. The van der Waals surface area contributed by atoms with E-state index in [0.29, 0.717) is 0 Å². The Kier molecular flexibility index (Phi) is 4.16. The van der Waals surface area contributed by atoms with Crippen molar-refractivity contribution in [2.45, 2.75) is 5.33 Å². The molecule has 104 valence electrons. The molecule has 5 heteroatoms. The van der Waals surface area contributed by atoms with E-state index in [0.717, 1.165) is 37.5 Å². The van der Waals surface area contributed by atoms with Crippen LogP contribution in [-0.2, 0) is 5.33 Å². The summed E-state index contributed by atoms with van der Waals surface area (Å²) in [7, 11) is 0. The average molecular weight is 333 g/mol. The zero-order valence-electron chi connectivity index (χ0n) is 11.2. The lowest BCUT2D eigenvalue weighted by Crippen LogP contribution is -2.47. The van der Waals surface area contributed by atoms with E-state index in [2.05, 4.69) is 60.0 Å². The van der Waals surface area contributed by atoms with Crippen LogP contribution in [0.15, 0.2) is 42.7 Å². The summed E-state index contributed by atoms with van der Waals surface area (Å²) in [6.07, 6.45) is 3.60. The Bertz CT molecular complexity index is 536. The largest absolute Gasteiger partial charge is 0.368 e. The molecule has 3 rings (SSSR count). The quantitative estimate of drug-likeness (QED) is 0.809. The smallest absolute Gasteiger partial charge is 0.225 e. The normalized spacial score (nSPS) is 15.4. The van der Waals surface area contributed by atoms with Gasteiger partial charge in [-0.25, -0.2) is 9.97 Å². The highest BCUT2D eigenvalue weighted by Crippen LogP contribution is 2.19. The summed E-state index contributed by atoms with van der Waals surface area (Å²) in [5.74, 6) is 0.835. The maximum absolute atomic E-state index is 4.31. The van der Waals surface area contributed by atoms with Gasteiger partial charge in [-0.3, -0.25) is 0 Å². The first-order chi connectivity index (χ1) is 9.86. The number of halogens is 1. The van der Waals surface area contributed by atoms with E-state index in [1.807, 2.05) is 6.07 Å². The molecule has 0 bridgehead atoms. The van der Waals surface area contributed by atoms with Crippen molar-refractivity contribution in [3.8, 4) is 0 Å². The molecule has 0 unspecified atom stereocenters. The van der Waals surface area contributed by atoms with Crippen molar-refractivity contribution in [2.75, 3.05) is 36.0 Å². The molecule has 4 nitrogen and oxygen atoms in total. The lowest BCUT2D eigenvalue weighted by Gasteiger charge is -2.36. The third-order valence-corrected chi connectivity index (χ3v) is 4.22. The molecule has 1 aliphatic rings. The second kappa shape index (κ2) is 6.22. The standard InChI is InChI=1S/C15H17BrN4/c16-12-13-2-4-14(5-3-13)19-8-10-20(11-9-19)15-17-6-1-7-18-15/h1-7H,8-12H2. The van der Waals surface area contributed by atoms with E-state index in [1.54, 1.807) is 12.4 Å². The minimum absolute atomic E-state index is 0.835. The van der Waals surface area contributed by atoms with Gasteiger partial charge in [0, 0.05) is 49.6 Å². The number of piperazine rings is 1. The van der Waals surface area contributed by atoms with Crippen molar-refractivity contribution >= 4 is 27.6 Å². The molecule has 1 fully saturated rings. The van der Waals surface area contributed by atoms with E-state index in [-0.39, 0.29) is 0 Å². The highest BCUT2D eigenvalue weighted by molar-refractivity contribution is 9.08. The van der Waals surface area contributed by atoms with Crippen LogP contribution < -0.4 is 9.80 Å². The third kappa shape index (κ3) is 2.93. The lowest BCUT2D eigenvalue weighted by molar-refractivity contribution is 0.640. The number of hydrogen-bond donors (Lipinski definition) is 0. The Morgan fingerprint density at radius 1 is 0.900 bits per heavy atom. The van der Waals surface area contributed by atoms with Crippen molar-refractivity contribution in [3.63, 3.8) is 0 Å². The minimum atomic E-state index is 0.835. The van der Waals surface area contributed by atoms with Gasteiger partial charge in [0.15, 0.2) is 0 Å². The molecule has 20 heavy (non-hydrogen) atoms.